The molecule has 0 saturated carbocycles. The summed E-state index contributed by atoms with van der Waals surface area (Å²) in [6.45, 7) is 4.18. The van der Waals surface area contributed by atoms with Crippen LogP contribution in [0.2, 0.25) is 10.0 Å². The number of hydrogen-bond acceptors (Lipinski definition) is 4. The first-order valence-corrected chi connectivity index (χ1v) is 10.1. The molecule has 1 amide bonds. The van der Waals surface area contributed by atoms with E-state index < -0.39 is 0 Å². The van der Waals surface area contributed by atoms with E-state index in [2.05, 4.69) is 26.5 Å². The van der Waals surface area contributed by atoms with Gasteiger partial charge in [0.15, 0.2) is 0 Å². The summed E-state index contributed by atoms with van der Waals surface area (Å²) in [5, 5.41) is 10.9. The minimum Gasteiger partial charge on any atom is -0.379 e. The molecular formula is C21H20Cl2N4O2. The zero-order valence-electron chi connectivity index (χ0n) is 15.6. The third kappa shape index (κ3) is 4.97. The van der Waals surface area contributed by atoms with Gasteiger partial charge in [0.05, 0.1) is 23.9 Å². The lowest BCUT2D eigenvalue weighted by molar-refractivity contribution is 0.0342. The fraction of sp³-hybridized carbons (Fsp3) is 0.238. The molecule has 0 spiro atoms. The molecule has 29 heavy (non-hydrogen) atoms. The van der Waals surface area contributed by atoms with E-state index in [0.717, 1.165) is 44.1 Å². The first-order valence-electron chi connectivity index (χ1n) is 9.30. The van der Waals surface area contributed by atoms with E-state index in [1.165, 1.54) is 0 Å². The molecule has 0 radical (unpaired) electrons. The van der Waals surface area contributed by atoms with Crippen LogP contribution in [0.15, 0.2) is 48.5 Å². The van der Waals surface area contributed by atoms with Gasteiger partial charge in [0.1, 0.15) is 5.69 Å². The number of halogens is 2. The highest BCUT2D eigenvalue weighted by molar-refractivity contribution is 6.36. The molecule has 2 aromatic carbocycles. The highest BCUT2D eigenvalue weighted by atomic mass is 35.5. The lowest BCUT2D eigenvalue weighted by Crippen LogP contribution is -2.35. The monoisotopic (exact) mass is 430 g/mol. The van der Waals surface area contributed by atoms with Crippen LogP contribution in [-0.2, 0) is 11.3 Å². The number of nitrogens with zero attached hydrogens (tertiary/aromatic N) is 2. The van der Waals surface area contributed by atoms with Gasteiger partial charge in [-0.25, -0.2) is 0 Å². The fourth-order valence-corrected chi connectivity index (χ4v) is 3.74. The second kappa shape index (κ2) is 8.97. The lowest BCUT2D eigenvalue weighted by atomic mass is 10.1. The van der Waals surface area contributed by atoms with Crippen LogP contribution in [0.1, 0.15) is 16.1 Å². The summed E-state index contributed by atoms with van der Waals surface area (Å²) < 4.78 is 5.39. The van der Waals surface area contributed by atoms with Gasteiger partial charge in [0.2, 0.25) is 0 Å². The minimum atomic E-state index is -0.266. The molecule has 0 aliphatic carbocycles. The smallest absolute Gasteiger partial charge is 0.273 e. The fourth-order valence-electron chi connectivity index (χ4n) is 3.24. The number of hydrogen-bond donors (Lipinski definition) is 2. The molecule has 0 bridgehead atoms. The van der Waals surface area contributed by atoms with Crippen molar-refractivity contribution in [2.75, 3.05) is 31.6 Å². The van der Waals surface area contributed by atoms with Crippen molar-refractivity contribution in [3.63, 3.8) is 0 Å². The van der Waals surface area contributed by atoms with Crippen LogP contribution in [-0.4, -0.2) is 47.3 Å². The number of anilines is 1. The maximum atomic E-state index is 12.6. The molecule has 1 saturated heterocycles. The third-order valence-corrected chi connectivity index (χ3v) is 5.27. The molecule has 1 fully saturated rings. The molecular weight excluding hydrogens is 411 g/mol. The SMILES string of the molecule is O=C(Nc1cccc(CN2CCOCC2)c1)c1cc(-c2ccc(Cl)cc2Cl)n[nH]1. The standard InChI is InChI=1S/C21H20Cl2N4O2/c22-15-4-5-17(18(23)11-15)19-12-20(26-25-19)21(28)24-16-3-1-2-14(10-16)13-27-6-8-29-9-7-27/h1-5,10-12H,6-9,13H2,(H,24,28)(H,25,26). The predicted octanol–water partition coefficient (Wildman–Crippen LogP) is 4.47. The summed E-state index contributed by atoms with van der Waals surface area (Å²) in [7, 11) is 0. The molecule has 4 rings (SSSR count). The molecule has 2 N–H and O–H groups in total. The Hall–Kier alpha value is -2.38. The Bertz CT molecular complexity index is 1020. The molecule has 8 heteroatoms. The number of carbonyl (C=O) groups is 1. The van der Waals surface area contributed by atoms with Crippen LogP contribution in [0.3, 0.4) is 0 Å². The number of ether oxygens (including phenoxy) is 1. The number of H-pyrrole nitrogens is 1. The molecule has 0 atom stereocenters. The average Bonchev–Trinajstić information content (AvgIpc) is 3.19. The van der Waals surface area contributed by atoms with E-state index >= 15 is 0 Å². The predicted molar refractivity (Wildman–Crippen MR) is 115 cm³/mol. The highest BCUT2D eigenvalue weighted by Crippen LogP contribution is 2.29. The lowest BCUT2D eigenvalue weighted by Gasteiger charge is -2.26. The zero-order chi connectivity index (χ0) is 20.2. The van der Waals surface area contributed by atoms with Gasteiger partial charge in [-0.2, -0.15) is 5.10 Å². The Balaban J connectivity index is 1.44. The topological polar surface area (TPSA) is 70.2 Å². The van der Waals surface area contributed by atoms with Crippen molar-refractivity contribution in [3.05, 3.63) is 69.8 Å². The molecule has 1 aliphatic heterocycles. The number of rotatable bonds is 5. The summed E-state index contributed by atoms with van der Waals surface area (Å²) in [5.41, 5.74) is 3.52. The number of amides is 1. The van der Waals surface area contributed by atoms with Crippen LogP contribution in [0, 0.1) is 0 Å². The normalized spacial score (nSPS) is 14.7. The summed E-state index contributed by atoms with van der Waals surface area (Å²) in [6.07, 6.45) is 0. The first kappa shape index (κ1) is 19.9. The van der Waals surface area contributed by atoms with Gasteiger partial charge >= 0.3 is 0 Å². The van der Waals surface area contributed by atoms with Gasteiger partial charge in [-0.15, -0.1) is 0 Å². The molecule has 6 nitrogen and oxygen atoms in total. The Morgan fingerprint density at radius 1 is 1.14 bits per heavy atom. The van der Waals surface area contributed by atoms with Crippen molar-refractivity contribution in [2.24, 2.45) is 0 Å². The highest BCUT2D eigenvalue weighted by Gasteiger charge is 2.15. The van der Waals surface area contributed by atoms with Gasteiger partial charge in [-0.1, -0.05) is 35.3 Å². The summed E-state index contributed by atoms with van der Waals surface area (Å²) in [5.74, 6) is -0.266. The van der Waals surface area contributed by atoms with Crippen molar-refractivity contribution >= 4 is 34.8 Å². The number of benzene rings is 2. The van der Waals surface area contributed by atoms with Crippen LogP contribution in [0.4, 0.5) is 5.69 Å². The number of morpholine rings is 1. The molecule has 2 heterocycles. The Morgan fingerprint density at radius 2 is 1.97 bits per heavy atom. The van der Waals surface area contributed by atoms with E-state index in [1.54, 1.807) is 24.3 Å². The molecule has 1 aliphatic rings. The van der Waals surface area contributed by atoms with Crippen LogP contribution >= 0.6 is 23.2 Å². The van der Waals surface area contributed by atoms with Crippen molar-refractivity contribution in [2.45, 2.75) is 6.54 Å². The summed E-state index contributed by atoms with van der Waals surface area (Å²) >= 11 is 12.2. The number of aromatic nitrogens is 2. The van der Waals surface area contributed by atoms with Gasteiger partial charge in [-0.05, 0) is 42.0 Å². The van der Waals surface area contributed by atoms with Crippen molar-refractivity contribution < 1.29 is 9.53 Å². The number of nitrogens with one attached hydrogen (secondary N) is 2. The second-order valence-corrected chi connectivity index (χ2v) is 7.68. The van der Waals surface area contributed by atoms with Gasteiger partial charge in [-0.3, -0.25) is 14.8 Å². The van der Waals surface area contributed by atoms with E-state index in [0.29, 0.717) is 27.0 Å². The van der Waals surface area contributed by atoms with Crippen LogP contribution in [0.5, 0.6) is 0 Å². The van der Waals surface area contributed by atoms with E-state index in [4.69, 9.17) is 27.9 Å². The van der Waals surface area contributed by atoms with Gasteiger partial charge in [0, 0.05) is 35.9 Å². The van der Waals surface area contributed by atoms with Crippen LogP contribution in [0.25, 0.3) is 11.3 Å². The maximum absolute atomic E-state index is 12.6. The average molecular weight is 431 g/mol. The van der Waals surface area contributed by atoms with E-state index in [9.17, 15) is 4.79 Å². The Kier molecular flexibility index (Phi) is 6.16. The van der Waals surface area contributed by atoms with Gasteiger partial charge < -0.3 is 10.1 Å². The molecule has 1 aromatic heterocycles. The molecule has 150 valence electrons. The Morgan fingerprint density at radius 3 is 2.76 bits per heavy atom. The van der Waals surface area contributed by atoms with Gasteiger partial charge in [0.25, 0.3) is 5.91 Å². The third-order valence-electron chi connectivity index (χ3n) is 4.72. The van der Waals surface area contributed by atoms with Crippen molar-refractivity contribution in [3.8, 4) is 11.3 Å². The quantitative estimate of drug-likeness (QED) is 0.626. The maximum Gasteiger partial charge on any atom is 0.273 e. The van der Waals surface area contributed by atoms with Crippen molar-refractivity contribution in [1.82, 2.24) is 15.1 Å². The zero-order valence-corrected chi connectivity index (χ0v) is 17.1. The van der Waals surface area contributed by atoms with Crippen molar-refractivity contribution in [1.29, 1.82) is 0 Å². The van der Waals surface area contributed by atoms with E-state index in [1.807, 2.05) is 18.2 Å². The summed E-state index contributed by atoms with van der Waals surface area (Å²) in [6, 6.07) is 14.7. The largest absolute Gasteiger partial charge is 0.379 e. The summed E-state index contributed by atoms with van der Waals surface area (Å²) in [4.78, 5) is 15.0. The number of carbonyl (C=O) groups excluding carboxylic acids is 1. The second-order valence-electron chi connectivity index (χ2n) is 6.83. The first-order chi connectivity index (χ1) is 14.1. The molecule has 0 unspecified atom stereocenters. The number of aromatic amines is 1. The van der Waals surface area contributed by atoms with E-state index in [-0.39, 0.29) is 5.91 Å². The minimum absolute atomic E-state index is 0.266. The molecule has 3 aromatic rings. The Labute approximate surface area is 178 Å². The van der Waals surface area contributed by atoms with Crippen LogP contribution < -0.4 is 5.32 Å².